The van der Waals surface area contributed by atoms with E-state index < -0.39 is 0 Å². The van der Waals surface area contributed by atoms with E-state index in [1.54, 1.807) is 0 Å². The van der Waals surface area contributed by atoms with Crippen LogP contribution in [0.15, 0.2) is 0 Å². The van der Waals surface area contributed by atoms with Gasteiger partial charge in [-0.25, -0.2) is 0 Å². The first-order chi connectivity index (χ1) is 11.1. The number of nitrogens with one attached hydrogen (secondary N) is 1. The monoisotopic (exact) mass is 383 g/mol. The van der Waals surface area contributed by atoms with E-state index >= 15 is 0 Å². The Hall–Kier alpha value is 0.540. The summed E-state index contributed by atoms with van der Waals surface area (Å²) in [6.07, 6.45) is 22.8. The number of rotatable bonds is 16. The van der Waals surface area contributed by atoms with Crippen LogP contribution in [-0.2, 0) is 0 Å². The van der Waals surface area contributed by atoms with Gasteiger partial charge in [-0.15, -0.1) is 11.6 Å². The van der Waals surface area contributed by atoms with Crippen LogP contribution in [0.25, 0.3) is 0 Å². The second kappa shape index (κ2) is 28.3. The van der Waals surface area contributed by atoms with Crippen LogP contribution in [0.1, 0.15) is 110 Å². The largest absolute Gasteiger partial charge is 1.00 e. The maximum absolute atomic E-state index is 5.66. The molecule has 0 amide bonds. The van der Waals surface area contributed by atoms with E-state index in [9.17, 15) is 0 Å². The van der Waals surface area contributed by atoms with Crippen LogP contribution < -0.4 is 17.3 Å². The van der Waals surface area contributed by atoms with Crippen molar-refractivity contribution in [2.75, 3.05) is 27.0 Å². The Labute approximate surface area is 165 Å². The molecule has 1 N–H and O–H groups in total. The summed E-state index contributed by atoms with van der Waals surface area (Å²) in [5.74, 6) is 0.846. The second-order valence-corrected chi connectivity index (χ2v) is 7.87. The van der Waals surface area contributed by atoms with Crippen molar-refractivity contribution in [2.45, 2.75) is 110 Å². The molecule has 0 saturated carbocycles. The summed E-state index contributed by atoms with van der Waals surface area (Å²) in [4.78, 5) is 1.42. The van der Waals surface area contributed by atoms with Gasteiger partial charge in [-0.1, -0.05) is 103 Å². The smallest absolute Gasteiger partial charge is 0.0661 e. The van der Waals surface area contributed by atoms with Crippen LogP contribution >= 0.6 is 11.6 Å². The molecule has 0 aromatic rings. The first kappa shape index (κ1) is 29.3. The van der Waals surface area contributed by atoms with Crippen molar-refractivity contribution in [2.24, 2.45) is 0 Å². The van der Waals surface area contributed by atoms with E-state index in [-0.39, 0.29) is 12.4 Å². The highest BCUT2D eigenvalue weighted by Gasteiger charge is 1.94. The molecule has 24 heavy (non-hydrogen) atoms. The zero-order valence-electron chi connectivity index (χ0n) is 17.3. The highest BCUT2D eigenvalue weighted by atomic mass is 35.5. The molecular weight excluding hydrogens is 337 g/mol. The highest BCUT2D eigenvalue weighted by molar-refractivity contribution is 6.17. The molecule has 0 atom stereocenters. The fraction of sp³-hybridized carbons (Fsp3) is 1.00. The maximum atomic E-state index is 5.66. The van der Waals surface area contributed by atoms with Crippen LogP contribution in [0.2, 0.25) is 0 Å². The van der Waals surface area contributed by atoms with E-state index in [1.165, 1.54) is 108 Å². The first-order valence-electron chi connectivity index (χ1n) is 10.5. The summed E-state index contributed by atoms with van der Waals surface area (Å²) >= 11 is 5.66. The molecule has 0 fully saturated rings. The number of halogens is 2. The summed E-state index contributed by atoms with van der Waals surface area (Å²) < 4.78 is 0. The normalized spacial score (nSPS) is 10.2. The Morgan fingerprint density at radius 3 is 0.917 bits per heavy atom. The summed E-state index contributed by atoms with van der Waals surface area (Å²) in [7, 11) is 6.25. The minimum Gasteiger partial charge on any atom is -1.00 e. The van der Waals surface area contributed by atoms with Gasteiger partial charge in [-0.3, -0.25) is 0 Å². The zero-order valence-corrected chi connectivity index (χ0v) is 18.8. The fourth-order valence-corrected chi connectivity index (χ4v) is 2.83. The summed E-state index contributed by atoms with van der Waals surface area (Å²) in [6, 6.07) is 0. The Bertz CT molecular complexity index is 168. The molecule has 0 aliphatic heterocycles. The Morgan fingerprint density at radius 2 is 0.708 bits per heavy atom. The molecule has 0 rings (SSSR count). The quantitative estimate of drug-likeness (QED) is 0.308. The topological polar surface area (TPSA) is 4.44 Å². The van der Waals surface area contributed by atoms with E-state index in [2.05, 4.69) is 28.1 Å². The Balaban J connectivity index is -0.000000787. The average Bonchev–Trinajstić information content (AvgIpc) is 2.50. The predicted octanol–water partition coefficient (Wildman–Crippen LogP) is 3.25. The third kappa shape index (κ3) is 38.2. The summed E-state index contributed by atoms with van der Waals surface area (Å²) in [5.41, 5.74) is 0. The van der Waals surface area contributed by atoms with Crippen molar-refractivity contribution < 1.29 is 17.3 Å². The lowest BCUT2D eigenvalue weighted by molar-refractivity contribution is -0.836. The molecule has 0 aliphatic rings. The van der Waals surface area contributed by atoms with Crippen molar-refractivity contribution in [3.05, 3.63) is 0 Å². The molecule has 0 aromatic heterocycles. The minimum atomic E-state index is 0. The van der Waals surface area contributed by atoms with Crippen molar-refractivity contribution in [3.8, 4) is 0 Å². The molecule has 3 heteroatoms. The van der Waals surface area contributed by atoms with Crippen molar-refractivity contribution in [1.29, 1.82) is 0 Å². The number of hydrogen-bond acceptors (Lipinski definition) is 0. The van der Waals surface area contributed by atoms with Gasteiger partial charge in [0.15, 0.2) is 0 Å². The molecule has 0 saturated heterocycles. The first-order valence-corrected chi connectivity index (χ1v) is 11.0. The molecule has 0 unspecified atom stereocenters. The van der Waals surface area contributed by atoms with Gasteiger partial charge in [0.25, 0.3) is 0 Å². The lowest BCUT2D eigenvalue weighted by Crippen LogP contribution is -3.02. The molecule has 0 aliphatic carbocycles. The number of alkyl halides is 1. The molecule has 1 nitrogen and oxygen atoms in total. The number of quaternary nitrogens is 1. The molecule has 0 spiro atoms. The number of hydrogen-bond donors (Lipinski definition) is 1. The minimum absolute atomic E-state index is 0. The zero-order chi connectivity index (χ0) is 17.6. The van der Waals surface area contributed by atoms with E-state index in [0.717, 1.165) is 5.88 Å². The van der Waals surface area contributed by atoms with Gasteiger partial charge in [-0.05, 0) is 6.42 Å². The molecule has 0 bridgehead atoms. The Morgan fingerprint density at radius 1 is 0.500 bits per heavy atom. The maximum Gasteiger partial charge on any atom is 0.0661 e. The van der Waals surface area contributed by atoms with Crippen LogP contribution in [0.3, 0.4) is 0 Å². The lowest BCUT2D eigenvalue weighted by atomic mass is 10.0. The average molecular weight is 385 g/mol. The lowest BCUT2D eigenvalue weighted by Gasteiger charge is -2.03. The third-order valence-corrected chi connectivity index (χ3v) is 4.25. The predicted molar refractivity (Wildman–Crippen MR) is 109 cm³/mol. The van der Waals surface area contributed by atoms with E-state index in [4.69, 9.17) is 11.6 Å². The summed E-state index contributed by atoms with van der Waals surface area (Å²) in [6.45, 7) is 2.29. The fourth-order valence-electron chi connectivity index (χ4n) is 2.64. The van der Waals surface area contributed by atoms with Gasteiger partial charge in [0.05, 0.1) is 21.1 Å². The molecule has 0 aromatic carbocycles. The van der Waals surface area contributed by atoms with Gasteiger partial charge in [0, 0.05) is 5.88 Å². The van der Waals surface area contributed by atoms with Crippen LogP contribution in [0.4, 0.5) is 0 Å². The third-order valence-electron chi connectivity index (χ3n) is 3.99. The molecule has 0 radical (unpaired) electrons. The van der Waals surface area contributed by atoms with E-state index in [1.807, 2.05) is 0 Å². The van der Waals surface area contributed by atoms with Crippen LogP contribution in [0.5, 0.6) is 0 Å². The van der Waals surface area contributed by atoms with Crippen LogP contribution in [-0.4, -0.2) is 27.0 Å². The SMILES string of the molecule is CCCCCCCCCCCCCCCCCCCl.C[NH+](C)C.[Cl-]. The van der Waals surface area contributed by atoms with Gasteiger partial charge in [-0.2, -0.15) is 0 Å². The summed E-state index contributed by atoms with van der Waals surface area (Å²) in [5, 5.41) is 0. The van der Waals surface area contributed by atoms with Crippen molar-refractivity contribution >= 4 is 11.6 Å². The van der Waals surface area contributed by atoms with Gasteiger partial charge < -0.3 is 17.3 Å². The highest BCUT2D eigenvalue weighted by Crippen LogP contribution is 2.13. The standard InChI is InChI=1S/C18H37Cl.C3H9N.ClH/c1-2-3-4-5-6-7-8-9-10-11-12-13-14-15-16-17-18-19;1-4(2)3;/h2-18H2,1H3;1-3H3;1H. The molecule has 150 valence electrons. The van der Waals surface area contributed by atoms with Crippen molar-refractivity contribution in [1.82, 2.24) is 0 Å². The van der Waals surface area contributed by atoms with Crippen molar-refractivity contribution in [3.63, 3.8) is 0 Å². The van der Waals surface area contributed by atoms with Crippen LogP contribution in [0, 0.1) is 0 Å². The second-order valence-electron chi connectivity index (χ2n) is 7.49. The molecular formula is C21H47Cl2N. The molecule has 0 heterocycles. The number of unbranched alkanes of at least 4 members (excludes halogenated alkanes) is 15. The van der Waals surface area contributed by atoms with Gasteiger partial charge >= 0.3 is 0 Å². The van der Waals surface area contributed by atoms with E-state index in [0.29, 0.717) is 0 Å². The Kier molecular flexibility index (Phi) is 34.6. The van der Waals surface area contributed by atoms with Gasteiger partial charge in [0.2, 0.25) is 0 Å². The van der Waals surface area contributed by atoms with Gasteiger partial charge in [0.1, 0.15) is 0 Å².